The third-order valence-electron chi connectivity index (χ3n) is 5.22. The number of carbonyl (C=O) groups excluding carboxylic acids is 1. The fourth-order valence-electron chi connectivity index (χ4n) is 3.68. The summed E-state index contributed by atoms with van der Waals surface area (Å²) in [6.07, 6.45) is 0. The topological polar surface area (TPSA) is 75.4 Å². The summed E-state index contributed by atoms with van der Waals surface area (Å²) in [6, 6.07) is 20.8. The van der Waals surface area contributed by atoms with Crippen LogP contribution < -0.4 is 10.3 Å². The summed E-state index contributed by atoms with van der Waals surface area (Å²) in [5.41, 5.74) is 3.49. The third-order valence-corrected chi connectivity index (χ3v) is 5.47. The zero-order valence-electron chi connectivity index (χ0n) is 17.5. The summed E-state index contributed by atoms with van der Waals surface area (Å²) in [4.78, 5) is 13.3. The van der Waals surface area contributed by atoms with Gasteiger partial charge in [-0.1, -0.05) is 48.0 Å². The molecule has 1 aliphatic heterocycles. The van der Waals surface area contributed by atoms with Crippen LogP contribution in [0.15, 0.2) is 77.9 Å². The van der Waals surface area contributed by atoms with Crippen molar-refractivity contribution in [2.24, 2.45) is 5.10 Å². The Labute approximate surface area is 194 Å². The quantitative estimate of drug-likeness (QED) is 0.483. The largest absolute Gasteiger partial charge is 0.376 e. The van der Waals surface area contributed by atoms with Crippen LogP contribution >= 0.6 is 11.6 Å². The van der Waals surface area contributed by atoms with Crippen molar-refractivity contribution in [3.8, 4) is 5.69 Å². The summed E-state index contributed by atoms with van der Waals surface area (Å²) in [5.74, 6) is 0.110. The van der Waals surface area contributed by atoms with Crippen LogP contribution in [0.5, 0.6) is 0 Å². The molecule has 0 saturated heterocycles. The Kier molecular flexibility index (Phi) is 5.35. The number of fused-ring (bicyclic) bond motifs is 3. The van der Waals surface area contributed by atoms with E-state index in [9.17, 15) is 9.18 Å². The Balaban J connectivity index is 1.60. The predicted octanol–water partition coefficient (Wildman–Crippen LogP) is 4.58. The first-order valence-electron chi connectivity index (χ1n) is 10.2. The Hall–Kier alpha value is -4.04. The zero-order valence-corrected chi connectivity index (χ0v) is 18.3. The molecule has 4 aromatic rings. The van der Waals surface area contributed by atoms with Crippen LogP contribution in [0.25, 0.3) is 5.69 Å². The number of amides is 1. The number of rotatable bonds is 4. The fourth-order valence-corrected chi connectivity index (χ4v) is 3.80. The van der Waals surface area contributed by atoms with Crippen molar-refractivity contribution in [2.75, 3.05) is 16.9 Å². The molecule has 7 nitrogen and oxygen atoms in total. The molecule has 9 heteroatoms. The second kappa shape index (κ2) is 8.48. The minimum absolute atomic E-state index is 0.122. The maximum Gasteiger partial charge on any atom is 0.269 e. The molecular weight excluding hydrogens is 443 g/mol. The van der Waals surface area contributed by atoms with E-state index < -0.39 is 5.82 Å². The van der Waals surface area contributed by atoms with E-state index in [0.29, 0.717) is 22.2 Å². The van der Waals surface area contributed by atoms with Gasteiger partial charge in [0.1, 0.15) is 17.4 Å². The lowest BCUT2D eigenvalue weighted by Gasteiger charge is -2.16. The van der Waals surface area contributed by atoms with E-state index >= 15 is 0 Å². The molecule has 1 aliphatic rings. The molecule has 0 radical (unpaired) electrons. The van der Waals surface area contributed by atoms with E-state index in [4.69, 9.17) is 16.7 Å². The molecule has 0 saturated carbocycles. The van der Waals surface area contributed by atoms with Gasteiger partial charge in [0.05, 0.1) is 12.2 Å². The monoisotopic (exact) mass is 460 g/mol. The highest BCUT2D eigenvalue weighted by molar-refractivity contribution is 6.30. The average Bonchev–Trinajstić information content (AvgIpc) is 3.12. The molecule has 0 spiro atoms. The molecule has 0 bridgehead atoms. The van der Waals surface area contributed by atoms with E-state index in [2.05, 4.69) is 15.5 Å². The van der Waals surface area contributed by atoms with E-state index in [-0.39, 0.29) is 18.4 Å². The lowest BCUT2D eigenvalue weighted by molar-refractivity contribution is -0.117. The van der Waals surface area contributed by atoms with Crippen molar-refractivity contribution in [1.82, 2.24) is 14.8 Å². The highest BCUT2D eigenvalue weighted by atomic mass is 35.5. The Bertz CT molecular complexity index is 1380. The minimum atomic E-state index is -0.393. The van der Waals surface area contributed by atoms with Crippen LogP contribution in [0.1, 0.15) is 17.0 Å². The first-order chi connectivity index (χ1) is 16.0. The number of para-hydroxylation sites is 1. The van der Waals surface area contributed by atoms with Gasteiger partial charge in [-0.2, -0.15) is 10.1 Å². The average molecular weight is 461 g/mol. The molecule has 0 unspecified atom stereocenters. The standard InChI is InChI=1S/C24H18ClFN6O/c1-15-28-29-24-31(15)21-8-3-2-7-20(21)23(16-9-11-17(25)12-10-16)30-32(24)22(33)14-27-19-6-4-5-18(26)13-19/h2-13,27H,14H2,1H3. The van der Waals surface area contributed by atoms with Gasteiger partial charge in [-0.05, 0) is 43.3 Å². The van der Waals surface area contributed by atoms with Gasteiger partial charge in [0.25, 0.3) is 11.9 Å². The molecule has 33 heavy (non-hydrogen) atoms. The maximum absolute atomic E-state index is 13.5. The SMILES string of the molecule is Cc1nnc2n1-c1ccccc1C(c1ccc(Cl)cc1)=NN2C(=O)CNc1cccc(F)c1. The fraction of sp³-hybridized carbons (Fsp3) is 0.0833. The smallest absolute Gasteiger partial charge is 0.269 e. The van der Waals surface area contributed by atoms with E-state index in [0.717, 1.165) is 16.8 Å². The van der Waals surface area contributed by atoms with Crippen LogP contribution in [-0.4, -0.2) is 32.9 Å². The van der Waals surface area contributed by atoms with Gasteiger partial charge in [0.15, 0.2) is 0 Å². The molecule has 1 N–H and O–H groups in total. The molecular formula is C24H18ClFN6O. The minimum Gasteiger partial charge on any atom is -0.376 e. The second-order valence-corrected chi connectivity index (χ2v) is 7.86. The van der Waals surface area contributed by atoms with Crippen LogP contribution in [0.2, 0.25) is 5.02 Å². The number of anilines is 2. The van der Waals surface area contributed by atoms with Gasteiger partial charge >= 0.3 is 0 Å². The highest BCUT2D eigenvalue weighted by Gasteiger charge is 2.29. The molecule has 1 aromatic heterocycles. The number of benzene rings is 3. The second-order valence-electron chi connectivity index (χ2n) is 7.42. The van der Waals surface area contributed by atoms with Crippen molar-refractivity contribution < 1.29 is 9.18 Å². The summed E-state index contributed by atoms with van der Waals surface area (Å²) in [7, 11) is 0. The highest BCUT2D eigenvalue weighted by Crippen LogP contribution is 2.30. The summed E-state index contributed by atoms with van der Waals surface area (Å²) in [5, 5.41) is 17.9. The number of nitrogens with one attached hydrogen (secondary N) is 1. The number of aromatic nitrogens is 3. The Morgan fingerprint density at radius 1 is 1.03 bits per heavy atom. The first-order valence-corrected chi connectivity index (χ1v) is 10.6. The van der Waals surface area contributed by atoms with Gasteiger partial charge < -0.3 is 5.32 Å². The zero-order chi connectivity index (χ0) is 22.9. The molecule has 1 amide bonds. The molecule has 0 atom stereocenters. The third kappa shape index (κ3) is 3.96. The first kappa shape index (κ1) is 20.8. The van der Waals surface area contributed by atoms with Gasteiger partial charge in [-0.3, -0.25) is 9.36 Å². The molecule has 3 aromatic carbocycles. The van der Waals surface area contributed by atoms with E-state index in [1.165, 1.54) is 17.1 Å². The normalized spacial score (nSPS) is 12.5. The number of hydrogen-bond donors (Lipinski definition) is 1. The Morgan fingerprint density at radius 3 is 2.61 bits per heavy atom. The molecule has 0 aliphatic carbocycles. The lowest BCUT2D eigenvalue weighted by Crippen LogP contribution is -2.33. The number of nitrogens with zero attached hydrogens (tertiary/aromatic N) is 5. The van der Waals surface area contributed by atoms with Crippen molar-refractivity contribution >= 4 is 34.9 Å². The van der Waals surface area contributed by atoms with Crippen molar-refractivity contribution in [1.29, 1.82) is 0 Å². The summed E-state index contributed by atoms with van der Waals surface area (Å²) < 4.78 is 15.3. The van der Waals surface area contributed by atoms with E-state index in [1.54, 1.807) is 28.8 Å². The summed E-state index contributed by atoms with van der Waals surface area (Å²) in [6.45, 7) is 1.69. The predicted molar refractivity (Wildman–Crippen MR) is 126 cm³/mol. The molecule has 2 heterocycles. The molecule has 0 fully saturated rings. The maximum atomic E-state index is 13.5. The van der Waals surface area contributed by atoms with Crippen LogP contribution in [0, 0.1) is 12.7 Å². The van der Waals surface area contributed by atoms with Crippen LogP contribution in [0.3, 0.4) is 0 Å². The van der Waals surface area contributed by atoms with Crippen molar-refractivity contribution in [3.05, 3.63) is 101 Å². The van der Waals surface area contributed by atoms with Crippen LogP contribution in [0.4, 0.5) is 16.0 Å². The number of hydrazone groups is 1. The van der Waals surface area contributed by atoms with Gasteiger partial charge in [-0.25, -0.2) is 4.39 Å². The summed E-state index contributed by atoms with van der Waals surface area (Å²) >= 11 is 6.09. The molecule has 164 valence electrons. The number of carbonyl (C=O) groups is 1. The van der Waals surface area contributed by atoms with Gasteiger partial charge in [0, 0.05) is 21.8 Å². The number of aryl methyl sites for hydroxylation is 1. The van der Waals surface area contributed by atoms with Gasteiger partial charge in [0.2, 0.25) is 0 Å². The Morgan fingerprint density at radius 2 is 1.82 bits per heavy atom. The van der Waals surface area contributed by atoms with Gasteiger partial charge in [-0.15, -0.1) is 10.2 Å². The lowest BCUT2D eigenvalue weighted by atomic mass is 10.0. The molecule has 5 rings (SSSR count). The van der Waals surface area contributed by atoms with Crippen molar-refractivity contribution in [3.63, 3.8) is 0 Å². The van der Waals surface area contributed by atoms with Crippen molar-refractivity contribution in [2.45, 2.75) is 6.92 Å². The number of halogens is 2. The van der Waals surface area contributed by atoms with Crippen LogP contribution in [-0.2, 0) is 4.79 Å². The van der Waals surface area contributed by atoms with E-state index in [1.807, 2.05) is 43.3 Å². The number of hydrogen-bond acceptors (Lipinski definition) is 5.